The van der Waals surface area contributed by atoms with Crippen LogP contribution in [0, 0.1) is 4.77 Å². The lowest BCUT2D eigenvalue weighted by Gasteiger charge is -2.18. The molecule has 0 atom stereocenters. The van der Waals surface area contributed by atoms with Crippen molar-refractivity contribution in [1.82, 2.24) is 24.4 Å². The first-order valence-electron chi connectivity index (χ1n) is 8.92. The Balaban J connectivity index is 1.69. The third kappa shape index (κ3) is 4.12. The molecule has 1 aliphatic rings. The Morgan fingerprint density at radius 3 is 2.48 bits per heavy atom. The van der Waals surface area contributed by atoms with Crippen molar-refractivity contribution < 1.29 is 13.2 Å². The van der Waals surface area contributed by atoms with Gasteiger partial charge in [-0.1, -0.05) is 13.8 Å². The van der Waals surface area contributed by atoms with Gasteiger partial charge in [0.05, 0.1) is 11.4 Å². The summed E-state index contributed by atoms with van der Waals surface area (Å²) >= 11 is 5.22. The second-order valence-corrected chi connectivity index (χ2v) is 8.67. The van der Waals surface area contributed by atoms with Gasteiger partial charge in [-0.2, -0.15) is 9.40 Å². The summed E-state index contributed by atoms with van der Waals surface area (Å²) in [5.74, 6) is 0.398. The molecule has 0 radical (unpaired) electrons. The van der Waals surface area contributed by atoms with Gasteiger partial charge in [-0.25, -0.2) is 8.42 Å². The predicted octanol–water partition coefficient (Wildman–Crippen LogP) is 2.24. The molecule has 1 fully saturated rings. The van der Waals surface area contributed by atoms with Gasteiger partial charge in [-0.05, 0) is 49.3 Å². The Labute approximate surface area is 163 Å². The van der Waals surface area contributed by atoms with Crippen LogP contribution in [0.25, 0.3) is 0 Å². The summed E-state index contributed by atoms with van der Waals surface area (Å²) in [6.07, 6.45) is 2.13. The van der Waals surface area contributed by atoms with Gasteiger partial charge in [-0.15, -0.1) is 0 Å². The number of carbonyl (C=O) groups is 1. The molecule has 10 heteroatoms. The summed E-state index contributed by atoms with van der Waals surface area (Å²) in [6, 6.07) is 6.33. The molecule has 3 rings (SSSR count). The maximum Gasteiger partial charge on any atom is 0.251 e. The van der Waals surface area contributed by atoms with Gasteiger partial charge < -0.3 is 5.32 Å². The van der Waals surface area contributed by atoms with Crippen LogP contribution in [0.5, 0.6) is 0 Å². The molecule has 0 unspecified atom stereocenters. The SMILES string of the molecule is CCN(CC)S(=O)(=O)c1ccc(C(=O)NCc2n[nH]c(=S)n2C2CC2)cc1. The molecule has 8 nitrogen and oxygen atoms in total. The van der Waals surface area contributed by atoms with E-state index < -0.39 is 10.0 Å². The van der Waals surface area contributed by atoms with E-state index in [1.54, 1.807) is 13.8 Å². The molecule has 1 aromatic heterocycles. The number of hydrogen-bond donors (Lipinski definition) is 2. The standard InChI is InChI=1S/C17H23N5O3S2/c1-3-21(4-2)27(24,25)14-9-5-12(6-10-14)16(23)18-11-15-19-20-17(26)22(15)13-7-8-13/h5-6,9-10,13H,3-4,7-8,11H2,1-2H3,(H,18,23)(H,20,26). The maximum absolute atomic E-state index is 12.5. The highest BCUT2D eigenvalue weighted by molar-refractivity contribution is 7.89. The molecule has 0 bridgehead atoms. The van der Waals surface area contributed by atoms with E-state index in [0.29, 0.717) is 35.3 Å². The van der Waals surface area contributed by atoms with Crippen molar-refractivity contribution in [2.45, 2.75) is 44.2 Å². The Kier molecular flexibility index (Phi) is 5.78. The van der Waals surface area contributed by atoms with Crippen molar-refractivity contribution >= 4 is 28.1 Å². The summed E-state index contributed by atoms with van der Waals surface area (Å²) < 4.78 is 28.9. The minimum Gasteiger partial charge on any atom is -0.345 e. The van der Waals surface area contributed by atoms with Gasteiger partial charge in [-0.3, -0.25) is 14.5 Å². The van der Waals surface area contributed by atoms with Gasteiger partial charge in [0.2, 0.25) is 10.0 Å². The lowest BCUT2D eigenvalue weighted by molar-refractivity contribution is 0.0949. The molecule has 1 aliphatic carbocycles. The van der Waals surface area contributed by atoms with Crippen LogP contribution in [0.3, 0.4) is 0 Å². The molecule has 0 aliphatic heterocycles. The summed E-state index contributed by atoms with van der Waals surface area (Å²) in [7, 11) is -3.53. The van der Waals surface area contributed by atoms with Gasteiger partial charge in [0, 0.05) is 24.7 Å². The molecule has 146 valence electrons. The zero-order valence-electron chi connectivity index (χ0n) is 15.3. The molecule has 1 heterocycles. The van der Waals surface area contributed by atoms with Crippen molar-refractivity contribution in [3.63, 3.8) is 0 Å². The molecule has 2 N–H and O–H groups in total. The number of nitrogens with one attached hydrogen (secondary N) is 2. The third-order valence-corrected chi connectivity index (χ3v) is 6.91. The molecular weight excluding hydrogens is 386 g/mol. The third-order valence-electron chi connectivity index (χ3n) is 4.56. The van der Waals surface area contributed by atoms with E-state index in [1.807, 2.05) is 4.57 Å². The van der Waals surface area contributed by atoms with Crippen LogP contribution in [-0.2, 0) is 16.6 Å². The number of aromatic amines is 1. The van der Waals surface area contributed by atoms with Gasteiger partial charge >= 0.3 is 0 Å². The van der Waals surface area contributed by atoms with Crippen LogP contribution < -0.4 is 5.32 Å². The molecule has 1 amide bonds. The van der Waals surface area contributed by atoms with Crippen LogP contribution in [0.2, 0.25) is 0 Å². The van der Waals surface area contributed by atoms with E-state index in [0.717, 1.165) is 12.8 Å². The van der Waals surface area contributed by atoms with Gasteiger partial charge in [0.1, 0.15) is 0 Å². The van der Waals surface area contributed by atoms with Crippen molar-refractivity contribution in [3.8, 4) is 0 Å². The van der Waals surface area contributed by atoms with Gasteiger partial charge in [0.15, 0.2) is 10.6 Å². The highest BCUT2D eigenvalue weighted by atomic mass is 32.2. The summed E-state index contributed by atoms with van der Waals surface area (Å²) in [5.41, 5.74) is 0.389. The molecule has 1 saturated carbocycles. The fourth-order valence-corrected chi connectivity index (χ4v) is 4.68. The quantitative estimate of drug-likeness (QED) is 0.651. The lowest BCUT2D eigenvalue weighted by atomic mass is 10.2. The second-order valence-electron chi connectivity index (χ2n) is 6.34. The van der Waals surface area contributed by atoms with Crippen LogP contribution in [0.1, 0.15) is 48.9 Å². The first-order chi connectivity index (χ1) is 12.9. The first-order valence-corrected chi connectivity index (χ1v) is 10.8. The zero-order chi connectivity index (χ0) is 19.6. The second kappa shape index (κ2) is 7.91. The number of sulfonamides is 1. The Hall–Kier alpha value is -2.04. The summed E-state index contributed by atoms with van der Waals surface area (Å²) in [5, 5.41) is 9.74. The molecule has 0 spiro atoms. The molecule has 0 saturated heterocycles. The predicted molar refractivity (Wildman–Crippen MR) is 103 cm³/mol. The average molecular weight is 410 g/mol. The monoisotopic (exact) mass is 409 g/mol. The number of aromatic nitrogens is 3. The molecule has 27 heavy (non-hydrogen) atoms. The smallest absolute Gasteiger partial charge is 0.251 e. The molecular formula is C17H23N5O3S2. The Bertz CT molecular complexity index is 971. The Morgan fingerprint density at radius 2 is 1.93 bits per heavy atom. The number of hydrogen-bond acceptors (Lipinski definition) is 5. The van der Waals surface area contributed by atoms with Crippen LogP contribution >= 0.6 is 12.2 Å². The number of amides is 1. The fourth-order valence-electron chi connectivity index (χ4n) is 2.92. The number of nitrogens with zero attached hydrogens (tertiary/aromatic N) is 3. The van der Waals surface area contributed by atoms with E-state index in [2.05, 4.69) is 15.5 Å². The number of rotatable bonds is 8. The highest BCUT2D eigenvalue weighted by Gasteiger charge is 2.27. The van der Waals surface area contributed by atoms with Crippen LogP contribution in [-0.4, -0.2) is 46.5 Å². The maximum atomic E-state index is 12.5. The minimum atomic E-state index is -3.53. The topological polar surface area (TPSA) is 100 Å². The van der Waals surface area contributed by atoms with Crippen molar-refractivity contribution in [2.75, 3.05) is 13.1 Å². The Morgan fingerprint density at radius 1 is 1.30 bits per heavy atom. The van der Waals surface area contributed by atoms with E-state index in [1.165, 1.54) is 28.6 Å². The first kappa shape index (κ1) is 19.7. The molecule has 2 aromatic rings. The van der Waals surface area contributed by atoms with E-state index in [9.17, 15) is 13.2 Å². The fraction of sp³-hybridized carbons (Fsp3) is 0.471. The van der Waals surface area contributed by atoms with Crippen LogP contribution in [0.4, 0.5) is 0 Å². The minimum absolute atomic E-state index is 0.178. The number of H-pyrrole nitrogens is 1. The van der Waals surface area contributed by atoms with Crippen LogP contribution in [0.15, 0.2) is 29.2 Å². The summed E-state index contributed by atoms with van der Waals surface area (Å²) in [6.45, 7) is 4.63. The average Bonchev–Trinajstić information content (AvgIpc) is 3.43. The lowest BCUT2D eigenvalue weighted by Crippen LogP contribution is -2.30. The van der Waals surface area contributed by atoms with E-state index >= 15 is 0 Å². The zero-order valence-corrected chi connectivity index (χ0v) is 16.9. The summed E-state index contributed by atoms with van der Waals surface area (Å²) in [4.78, 5) is 12.6. The van der Waals surface area contributed by atoms with Crippen molar-refractivity contribution in [3.05, 3.63) is 40.4 Å². The van der Waals surface area contributed by atoms with E-state index in [-0.39, 0.29) is 17.3 Å². The number of benzene rings is 1. The molecule has 1 aromatic carbocycles. The largest absolute Gasteiger partial charge is 0.345 e. The van der Waals surface area contributed by atoms with Gasteiger partial charge in [0.25, 0.3) is 5.91 Å². The van der Waals surface area contributed by atoms with Crippen molar-refractivity contribution in [2.24, 2.45) is 0 Å². The number of carbonyl (C=O) groups excluding carboxylic acids is 1. The van der Waals surface area contributed by atoms with Crippen molar-refractivity contribution in [1.29, 1.82) is 0 Å². The highest BCUT2D eigenvalue weighted by Crippen LogP contribution is 2.35. The van der Waals surface area contributed by atoms with E-state index in [4.69, 9.17) is 12.2 Å². The normalized spacial score (nSPS) is 14.5.